The minimum atomic E-state index is -0.266. The summed E-state index contributed by atoms with van der Waals surface area (Å²) >= 11 is 7.16. The van der Waals surface area contributed by atoms with Crippen LogP contribution in [0.2, 0.25) is 5.02 Å². The minimum Gasteiger partial charge on any atom is -0.322 e. The summed E-state index contributed by atoms with van der Waals surface area (Å²) in [5.41, 5.74) is 4.95. The molecule has 9 heteroatoms. The van der Waals surface area contributed by atoms with Crippen LogP contribution in [0.3, 0.4) is 0 Å². The van der Waals surface area contributed by atoms with Gasteiger partial charge in [-0.25, -0.2) is 15.4 Å². The number of aromatic nitrogens is 2. The normalized spacial score (nSPS) is 11.1. The predicted octanol–water partition coefficient (Wildman–Crippen LogP) is 4.01. The van der Waals surface area contributed by atoms with Crippen LogP contribution in [0.5, 0.6) is 0 Å². The van der Waals surface area contributed by atoms with E-state index in [1.54, 1.807) is 67.8 Å². The van der Waals surface area contributed by atoms with Crippen LogP contribution < -0.4 is 10.7 Å². The van der Waals surface area contributed by atoms with Gasteiger partial charge >= 0.3 is 0 Å². The molecule has 3 rings (SSSR count). The SMILES string of the molecule is C/C(=N/NC(=O)CSc1ncccn1)c1cccc(NC(=O)c2cccc(Cl)c2)c1. The summed E-state index contributed by atoms with van der Waals surface area (Å²) in [6, 6.07) is 15.6. The Labute approximate surface area is 183 Å². The van der Waals surface area contributed by atoms with E-state index in [1.807, 2.05) is 6.07 Å². The molecular formula is C21H18ClN5O2S. The van der Waals surface area contributed by atoms with Crippen LogP contribution in [-0.2, 0) is 4.79 Å². The van der Waals surface area contributed by atoms with E-state index in [0.29, 0.717) is 27.1 Å². The Bertz CT molecular complexity index is 1080. The molecule has 1 heterocycles. The summed E-state index contributed by atoms with van der Waals surface area (Å²) in [6.45, 7) is 1.77. The molecule has 30 heavy (non-hydrogen) atoms. The molecule has 2 amide bonds. The van der Waals surface area contributed by atoms with Crippen LogP contribution in [0.15, 0.2) is 77.2 Å². The smallest absolute Gasteiger partial charge is 0.255 e. The molecule has 152 valence electrons. The van der Waals surface area contributed by atoms with E-state index in [4.69, 9.17) is 11.6 Å². The van der Waals surface area contributed by atoms with Crippen molar-refractivity contribution in [3.63, 3.8) is 0 Å². The summed E-state index contributed by atoms with van der Waals surface area (Å²) in [4.78, 5) is 32.5. The molecule has 7 nitrogen and oxygen atoms in total. The fourth-order valence-electron chi connectivity index (χ4n) is 2.39. The van der Waals surface area contributed by atoms with Gasteiger partial charge in [-0.2, -0.15) is 5.10 Å². The van der Waals surface area contributed by atoms with Crippen molar-refractivity contribution < 1.29 is 9.59 Å². The van der Waals surface area contributed by atoms with E-state index in [9.17, 15) is 9.59 Å². The Kier molecular flexibility index (Phi) is 7.53. The molecule has 0 fully saturated rings. The van der Waals surface area contributed by atoms with Gasteiger partial charge in [-0.3, -0.25) is 9.59 Å². The molecule has 2 N–H and O–H groups in total. The first kappa shape index (κ1) is 21.5. The van der Waals surface area contributed by atoms with Gasteiger partial charge in [0.15, 0.2) is 5.16 Å². The highest BCUT2D eigenvalue weighted by molar-refractivity contribution is 7.99. The fraction of sp³-hybridized carbons (Fsp3) is 0.0952. The summed E-state index contributed by atoms with van der Waals surface area (Å²) in [7, 11) is 0. The lowest BCUT2D eigenvalue weighted by Gasteiger charge is -2.08. The number of amides is 2. The van der Waals surface area contributed by atoms with E-state index in [1.165, 1.54) is 11.8 Å². The second-order valence-electron chi connectivity index (χ2n) is 6.10. The maximum absolute atomic E-state index is 12.4. The van der Waals surface area contributed by atoms with E-state index >= 15 is 0 Å². The molecule has 1 aromatic heterocycles. The zero-order valence-electron chi connectivity index (χ0n) is 16.0. The second-order valence-corrected chi connectivity index (χ2v) is 7.48. The molecule has 0 atom stereocenters. The van der Waals surface area contributed by atoms with Gasteiger partial charge in [0, 0.05) is 28.7 Å². The number of hydrogen-bond donors (Lipinski definition) is 2. The first-order valence-electron chi connectivity index (χ1n) is 8.91. The standard InChI is InChI=1S/C21H18ClN5O2S/c1-14(26-27-19(28)13-30-21-23-9-4-10-24-21)15-5-3-8-18(12-15)25-20(29)16-6-2-7-17(22)11-16/h2-12H,13H2,1H3,(H,25,29)(H,27,28)/b26-14-. The maximum atomic E-state index is 12.4. The maximum Gasteiger partial charge on any atom is 0.255 e. The molecule has 0 aliphatic heterocycles. The van der Waals surface area contributed by atoms with Crippen molar-refractivity contribution in [2.45, 2.75) is 12.1 Å². The van der Waals surface area contributed by atoms with Gasteiger partial charge in [0.25, 0.3) is 11.8 Å². The van der Waals surface area contributed by atoms with E-state index in [0.717, 1.165) is 5.56 Å². The van der Waals surface area contributed by atoms with Crippen molar-refractivity contribution in [3.05, 3.63) is 83.1 Å². The van der Waals surface area contributed by atoms with Gasteiger partial charge in [-0.05, 0) is 48.9 Å². The number of hydrazone groups is 1. The van der Waals surface area contributed by atoms with Gasteiger partial charge in [-0.15, -0.1) is 0 Å². The fourth-order valence-corrected chi connectivity index (χ4v) is 3.17. The molecule has 0 unspecified atom stereocenters. The van der Waals surface area contributed by atoms with E-state index < -0.39 is 0 Å². The average molecular weight is 440 g/mol. The quantitative estimate of drug-likeness (QED) is 0.251. The van der Waals surface area contributed by atoms with Crippen LogP contribution in [-0.4, -0.2) is 33.2 Å². The zero-order chi connectivity index (χ0) is 21.3. The van der Waals surface area contributed by atoms with Gasteiger partial charge in [0.2, 0.25) is 0 Å². The number of benzene rings is 2. The Hall–Kier alpha value is -3.23. The highest BCUT2D eigenvalue weighted by atomic mass is 35.5. The molecule has 2 aromatic carbocycles. The molecule has 0 aliphatic rings. The van der Waals surface area contributed by atoms with Crippen molar-refractivity contribution in [1.82, 2.24) is 15.4 Å². The second kappa shape index (κ2) is 10.5. The van der Waals surface area contributed by atoms with Crippen molar-refractivity contribution in [2.75, 3.05) is 11.1 Å². The molecular weight excluding hydrogens is 422 g/mol. The summed E-state index contributed by atoms with van der Waals surface area (Å²) in [6.07, 6.45) is 3.24. The number of rotatable bonds is 7. The van der Waals surface area contributed by atoms with Crippen molar-refractivity contribution in [1.29, 1.82) is 0 Å². The van der Waals surface area contributed by atoms with E-state index in [-0.39, 0.29) is 17.6 Å². The van der Waals surface area contributed by atoms with Crippen molar-refractivity contribution in [2.24, 2.45) is 5.10 Å². The van der Waals surface area contributed by atoms with Gasteiger partial charge in [-0.1, -0.05) is 41.6 Å². The Balaban J connectivity index is 1.58. The van der Waals surface area contributed by atoms with Crippen molar-refractivity contribution >= 4 is 46.6 Å². The summed E-state index contributed by atoms with van der Waals surface area (Å²) in [5.74, 6) is -0.383. The molecule has 0 saturated carbocycles. The number of carbonyl (C=O) groups is 2. The van der Waals surface area contributed by atoms with Gasteiger partial charge in [0.1, 0.15) is 0 Å². The average Bonchev–Trinajstić information content (AvgIpc) is 2.77. The third kappa shape index (κ3) is 6.40. The topological polar surface area (TPSA) is 96.3 Å². The molecule has 0 aliphatic carbocycles. The number of thioether (sulfide) groups is 1. The predicted molar refractivity (Wildman–Crippen MR) is 119 cm³/mol. The van der Waals surface area contributed by atoms with Crippen molar-refractivity contribution in [3.8, 4) is 0 Å². The van der Waals surface area contributed by atoms with E-state index in [2.05, 4.69) is 25.8 Å². The molecule has 0 bridgehead atoms. The van der Waals surface area contributed by atoms with Crippen LogP contribution in [0.1, 0.15) is 22.8 Å². The molecule has 0 spiro atoms. The number of hydrogen-bond acceptors (Lipinski definition) is 6. The Morgan fingerprint density at radius 1 is 1.03 bits per heavy atom. The number of nitrogens with one attached hydrogen (secondary N) is 2. The number of carbonyl (C=O) groups excluding carboxylic acids is 2. The highest BCUT2D eigenvalue weighted by Gasteiger charge is 2.08. The molecule has 3 aromatic rings. The first-order valence-corrected chi connectivity index (χ1v) is 10.3. The number of nitrogens with zero attached hydrogens (tertiary/aromatic N) is 3. The third-order valence-electron chi connectivity index (χ3n) is 3.85. The summed E-state index contributed by atoms with van der Waals surface area (Å²) < 4.78 is 0. The number of anilines is 1. The lowest BCUT2D eigenvalue weighted by atomic mass is 10.1. The number of halogens is 1. The minimum absolute atomic E-state index is 0.149. The van der Waals surface area contributed by atoms with Gasteiger partial charge < -0.3 is 5.32 Å². The lowest BCUT2D eigenvalue weighted by molar-refractivity contribution is -0.118. The van der Waals surface area contributed by atoms with Gasteiger partial charge in [0.05, 0.1) is 11.5 Å². The highest BCUT2D eigenvalue weighted by Crippen LogP contribution is 2.15. The zero-order valence-corrected chi connectivity index (χ0v) is 17.6. The van der Waals surface area contributed by atoms with Crippen LogP contribution >= 0.6 is 23.4 Å². The lowest BCUT2D eigenvalue weighted by Crippen LogP contribution is -2.21. The summed E-state index contributed by atoms with van der Waals surface area (Å²) in [5, 5.41) is 7.97. The first-order chi connectivity index (χ1) is 14.5. The van der Waals surface area contributed by atoms with Crippen LogP contribution in [0.4, 0.5) is 5.69 Å². The van der Waals surface area contributed by atoms with Crippen LogP contribution in [0.25, 0.3) is 0 Å². The molecule has 0 saturated heterocycles. The largest absolute Gasteiger partial charge is 0.322 e. The Morgan fingerprint density at radius 2 is 1.77 bits per heavy atom. The van der Waals surface area contributed by atoms with Crippen LogP contribution in [0, 0.1) is 0 Å². The monoisotopic (exact) mass is 439 g/mol. The third-order valence-corrected chi connectivity index (χ3v) is 4.96. The molecule has 0 radical (unpaired) electrons. The Morgan fingerprint density at radius 3 is 2.53 bits per heavy atom.